The maximum Gasteiger partial charge on any atom is 0.0669 e. The highest BCUT2D eigenvalue weighted by Crippen LogP contribution is 1.88. The van der Waals surface area contributed by atoms with Crippen LogP contribution in [0, 0.1) is 0 Å². The Kier molecular flexibility index (Phi) is 5.93. The van der Waals surface area contributed by atoms with Crippen LogP contribution in [0.4, 0.5) is 0 Å². The van der Waals surface area contributed by atoms with E-state index in [4.69, 9.17) is 15.6 Å². The molecular weight excluding hydrogens is 118 g/mol. The molecule has 0 aliphatic carbocycles. The molecule has 0 bridgehead atoms. The summed E-state index contributed by atoms with van der Waals surface area (Å²) in [6.45, 7) is 3.26. The first-order chi connectivity index (χ1) is 4.31. The van der Waals surface area contributed by atoms with Gasteiger partial charge in [-0.2, -0.15) is 0 Å². The fraction of sp³-hybridized carbons (Fsp3) is 1.00. The second-order valence-corrected chi connectivity index (χ2v) is 1.99. The molecule has 0 aromatic heterocycles. The number of aliphatic hydroxyl groups is 1. The van der Waals surface area contributed by atoms with Crippen LogP contribution in [0.5, 0.6) is 0 Å². The zero-order valence-electron chi connectivity index (χ0n) is 5.84. The summed E-state index contributed by atoms with van der Waals surface area (Å²) in [4.78, 5) is 0. The molecule has 0 amide bonds. The molecule has 0 saturated carbocycles. The molecule has 9 heavy (non-hydrogen) atoms. The molecule has 0 rings (SSSR count). The minimum absolute atomic E-state index is 0.122. The third-order valence-electron chi connectivity index (χ3n) is 1.04. The monoisotopic (exact) mass is 133 g/mol. The fourth-order valence-electron chi connectivity index (χ4n) is 0.417. The van der Waals surface area contributed by atoms with Gasteiger partial charge in [0.25, 0.3) is 0 Å². The second kappa shape index (κ2) is 6.01. The summed E-state index contributed by atoms with van der Waals surface area (Å²) in [6, 6.07) is 0. The van der Waals surface area contributed by atoms with E-state index in [2.05, 4.69) is 0 Å². The molecular formula is C6H15NO2. The van der Waals surface area contributed by atoms with Crippen LogP contribution in [0.15, 0.2) is 0 Å². The Morgan fingerprint density at radius 2 is 2.33 bits per heavy atom. The van der Waals surface area contributed by atoms with Crippen LogP contribution in [0.2, 0.25) is 0 Å². The van der Waals surface area contributed by atoms with Gasteiger partial charge in [0.2, 0.25) is 0 Å². The van der Waals surface area contributed by atoms with Crippen molar-refractivity contribution in [1.29, 1.82) is 0 Å². The number of nitrogens with two attached hydrogens (primary N) is 1. The fourth-order valence-corrected chi connectivity index (χ4v) is 0.417. The quantitative estimate of drug-likeness (QED) is 0.508. The molecule has 0 radical (unpaired) electrons. The molecule has 3 N–H and O–H groups in total. The van der Waals surface area contributed by atoms with Gasteiger partial charge < -0.3 is 15.6 Å². The van der Waals surface area contributed by atoms with Crippen LogP contribution >= 0.6 is 0 Å². The minimum atomic E-state index is 0.122. The Bertz CT molecular complexity index is 59.0. The van der Waals surface area contributed by atoms with Gasteiger partial charge in [-0.25, -0.2) is 0 Å². The van der Waals surface area contributed by atoms with E-state index in [0.717, 1.165) is 0 Å². The molecule has 0 aromatic rings. The summed E-state index contributed by atoms with van der Waals surface area (Å²) in [7, 11) is 0. The molecule has 3 heteroatoms. The maximum atomic E-state index is 8.34. The summed E-state index contributed by atoms with van der Waals surface area (Å²) in [6.07, 6.45) is 0.821. The number of rotatable bonds is 5. The summed E-state index contributed by atoms with van der Waals surface area (Å²) >= 11 is 0. The van der Waals surface area contributed by atoms with E-state index in [-0.39, 0.29) is 12.7 Å². The Balaban J connectivity index is 2.88. The van der Waals surface area contributed by atoms with Gasteiger partial charge in [0.1, 0.15) is 0 Å². The predicted molar refractivity (Wildman–Crippen MR) is 36.2 cm³/mol. The summed E-state index contributed by atoms with van der Waals surface area (Å²) in [5.41, 5.74) is 5.27. The molecule has 0 aliphatic heterocycles. The molecule has 1 unspecified atom stereocenters. The first-order valence-corrected chi connectivity index (χ1v) is 3.23. The molecule has 56 valence electrons. The lowest BCUT2D eigenvalue weighted by molar-refractivity contribution is 0.0612. The molecule has 0 saturated heterocycles. The minimum Gasteiger partial charge on any atom is -0.396 e. The zero-order chi connectivity index (χ0) is 7.11. The van der Waals surface area contributed by atoms with Crippen molar-refractivity contribution in [1.82, 2.24) is 0 Å². The topological polar surface area (TPSA) is 55.5 Å². The van der Waals surface area contributed by atoms with Crippen LogP contribution in [-0.4, -0.2) is 31.0 Å². The van der Waals surface area contributed by atoms with Crippen molar-refractivity contribution in [3.63, 3.8) is 0 Å². The molecule has 0 aromatic carbocycles. The van der Waals surface area contributed by atoms with Crippen LogP contribution in [0.3, 0.4) is 0 Å². The number of ether oxygens (including phenoxy) is 1. The van der Waals surface area contributed by atoms with Crippen LogP contribution in [-0.2, 0) is 4.74 Å². The molecule has 0 aliphatic rings. The van der Waals surface area contributed by atoms with E-state index in [1.165, 1.54) is 0 Å². The van der Waals surface area contributed by atoms with E-state index < -0.39 is 0 Å². The summed E-state index contributed by atoms with van der Waals surface area (Å²) < 4.78 is 5.15. The second-order valence-electron chi connectivity index (χ2n) is 1.99. The first-order valence-electron chi connectivity index (χ1n) is 3.23. The largest absolute Gasteiger partial charge is 0.396 e. The molecule has 0 fully saturated rings. The van der Waals surface area contributed by atoms with E-state index in [1.54, 1.807) is 0 Å². The van der Waals surface area contributed by atoms with Crippen molar-refractivity contribution < 1.29 is 9.84 Å². The normalized spacial score (nSPS) is 13.7. The van der Waals surface area contributed by atoms with Crippen molar-refractivity contribution in [2.24, 2.45) is 5.73 Å². The van der Waals surface area contributed by atoms with Gasteiger partial charge in [-0.1, -0.05) is 0 Å². The van der Waals surface area contributed by atoms with Gasteiger partial charge in [-0.05, 0) is 13.3 Å². The van der Waals surface area contributed by atoms with Crippen LogP contribution in [0.1, 0.15) is 13.3 Å². The first kappa shape index (κ1) is 8.88. The molecule has 3 nitrogen and oxygen atoms in total. The van der Waals surface area contributed by atoms with Crippen LogP contribution in [0.25, 0.3) is 0 Å². The van der Waals surface area contributed by atoms with Crippen molar-refractivity contribution in [3.05, 3.63) is 0 Å². The Morgan fingerprint density at radius 3 is 2.78 bits per heavy atom. The SMILES string of the molecule is CC(CN)OCCCO. The zero-order valence-corrected chi connectivity index (χ0v) is 5.84. The van der Waals surface area contributed by atoms with Gasteiger partial charge in [-0.15, -0.1) is 0 Å². The average Bonchev–Trinajstić information content (AvgIpc) is 1.89. The highest BCUT2D eigenvalue weighted by molar-refractivity contribution is 4.47. The average molecular weight is 133 g/mol. The van der Waals surface area contributed by atoms with Crippen LogP contribution < -0.4 is 5.73 Å². The third-order valence-corrected chi connectivity index (χ3v) is 1.04. The van der Waals surface area contributed by atoms with Gasteiger partial charge in [-0.3, -0.25) is 0 Å². The van der Waals surface area contributed by atoms with Crippen molar-refractivity contribution in [2.45, 2.75) is 19.4 Å². The van der Waals surface area contributed by atoms with E-state index in [1.807, 2.05) is 6.92 Å². The Labute approximate surface area is 55.8 Å². The highest BCUT2D eigenvalue weighted by atomic mass is 16.5. The van der Waals surface area contributed by atoms with Gasteiger partial charge >= 0.3 is 0 Å². The van der Waals surface area contributed by atoms with Gasteiger partial charge in [0.05, 0.1) is 6.10 Å². The number of hydrogen-bond donors (Lipinski definition) is 2. The predicted octanol–water partition coefficient (Wildman–Crippen LogP) is -0.267. The lowest BCUT2D eigenvalue weighted by Crippen LogP contribution is -2.20. The molecule has 0 heterocycles. The third kappa shape index (κ3) is 5.76. The lowest BCUT2D eigenvalue weighted by atomic mass is 10.4. The summed E-state index contributed by atoms with van der Waals surface area (Å²) in [5.74, 6) is 0. The van der Waals surface area contributed by atoms with Gasteiger partial charge in [0.15, 0.2) is 0 Å². The highest BCUT2D eigenvalue weighted by Gasteiger charge is 1.95. The maximum absolute atomic E-state index is 8.34. The Morgan fingerprint density at radius 1 is 1.67 bits per heavy atom. The number of aliphatic hydroxyl groups excluding tert-OH is 1. The van der Waals surface area contributed by atoms with E-state index >= 15 is 0 Å². The standard InChI is InChI=1S/C6H15NO2/c1-6(5-7)9-4-2-3-8/h6,8H,2-5,7H2,1H3. The van der Waals surface area contributed by atoms with E-state index in [0.29, 0.717) is 19.6 Å². The van der Waals surface area contributed by atoms with E-state index in [9.17, 15) is 0 Å². The molecule has 0 spiro atoms. The Hall–Kier alpha value is -0.120. The van der Waals surface area contributed by atoms with Crippen molar-refractivity contribution in [2.75, 3.05) is 19.8 Å². The lowest BCUT2D eigenvalue weighted by Gasteiger charge is -2.08. The van der Waals surface area contributed by atoms with Gasteiger partial charge in [0, 0.05) is 19.8 Å². The van der Waals surface area contributed by atoms with Crippen molar-refractivity contribution >= 4 is 0 Å². The summed E-state index contributed by atoms with van der Waals surface area (Å²) in [5, 5.41) is 8.34. The smallest absolute Gasteiger partial charge is 0.0669 e. The number of hydrogen-bond acceptors (Lipinski definition) is 3. The van der Waals surface area contributed by atoms with Crippen molar-refractivity contribution in [3.8, 4) is 0 Å². The molecule has 1 atom stereocenters.